The molecule has 5 aromatic rings. The maximum absolute atomic E-state index is 15.3. The molecular weight excluding hydrogens is 755 g/mol. The maximum atomic E-state index is 15.3. The summed E-state index contributed by atoms with van der Waals surface area (Å²) >= 11 is 0. The van der Waals surface area contributed by atoms with Gasteiger partial charge in [0.05, 0.1) is 18.3 Å². The molecule has 0 aliphatic heterocycles. The van der Waals surface area contributed by atoms with E-state index < -0.39 is 11.6 Å². The third-order valence-corrected chi connectivity index (χ3v) is 10.9. The monoisotopic (exact) mass is 816 g/mol. The van der Waals surface area contributed by atoms with Gasteiger partial charge in [-0.3, -0.25) is 4.79 Å². The minimum Gasteiger partial charge on any atom is -0.494 e. The van der Waals surface area contributed by atoms with E-state index in [0.717, 1.165) is 75.3 Å². The molecule has 5 nitrogen and oxygen atoms in total. The van der Waals surface area contributed by atoms with Crippen LogP contribution in [0.3, 0.4) is 0 Å². The van der Waals surface area contributed by atoms with Crippen molar-refractivity contribution in [3.63, 3.8) is 0 Å². The molecule has 7 heteroatoms. The highest BCUT2D eigenvalue weighted by Crippen LogP contribution is 2.33. The van der Waals surface area contributed by atoms with E-state index in [4.69, 9.17) is 14.2 Å². The Kier molecular flexibility index (Phi) is 18.8. The fraction of sp³-hybridized carbons (Fsp3) is 0.396. The third kappa shape index (κ3) is 14.5. The average Bonchev–Trinajstić information content (AvgIpc) is 3.26. The van der Waals surface area contributed by atoms with E-state index >= 15 is 8.78 Å². The lowest BCUT2D eigenvalue weighted by molar-refractivity contribution is -0.134. The zero-order valence-electron chi connectivity index (χ0n) is 35.8. The van der Waals surface area contributed by atoms with Gasteiger partial charge in [0.2, 0.25) is 0 Å². The Hall–Kier alpha value is -5.30. The SMILES string of the molecule is CCCCCCc1ccc(-c2ccc(-c3ccc(OCCCCCCCC(=O)Oc4ccc(-c5ccc(C(=O)O[C@H](C)CCCCCC)cc5)cc4)cc3)c(F)c2F)cc1. The third-order valence-electron chi connectivity index (χ3n) is 10.9. The summed E-state index contributed by atoms with van der Waals surface area (Å²) in [5, 5.41) is 0. The summed E-state index contributed by atoms with van der Waals surface area (Å²) in [6.45, 7) is 6.87. The van der Waals surface area contributed by atoms with Gasteiger partial charge in [0, 0.05) is 17.5 Å². The summed E-state index contributed by atoms with van der Waals surface area (Å²) in [5.74, 6) is -1.08. The number of carbonyl (C=O) groups is 2. The summed E-state index contributed by atoms with van der Waals surface area (Å²) in [5.41, 5.74) is 5.38. The van der Waals surface area contributed by atoms with E-state index in [1.54, 1.807) is 60.7 Å². The molecule has 5 rings (SSSR count). The first-order valence-electron chi connectivity index (χ1n) is 22.2. The Morgan fingerprint density at radius 3 is 1.65 bits per heavy atom. The number of hydrogen-bond acceptors (Lipinski definition) is 5. The lowest BCUT2D eigenvalue weighted by atomic mass is 9.97. The lowest BCUT2D eigenvalue weighted by Gasteiger charge is -2.13. The Morgan fingerprint density at radius 1 is 0.533 bits per heavy atom. The number of benzene rings is 5. The van der Waals surface area contributed by atoms with Gasteiger partial charge in [-0.1, -0.05) is 144 Å². The molecule has 0 bridgehead atoms. The fourth-order valence-corrected chi connectivity index (χ4v) is 7.29. The number of ether oxygens (including phenoxy) is 3. The molecular formula is C53H62F2O5. The highest BCUT2D eigenvalue weighted by Gasteiger charge is 2.17. The molecule has 318 valence electrons. The zero-order chi connectivity index (χ0) is 42.5. The Labute approximate surface area is 356 Å². The van der Waals surface area contributed by atoms with Crippen LogP contribution in [0.2, 0.25) is 0 Å². The number of carbonyl (C=O) groups excluding carboxylic acids is 2. The van der Waals surface area contributed by atoms with Crippen molar-refractivity contribution in [1.82, 2.24) is 0 Å². The molecule has 0 saturated heterocycles. The predicted octanol–water partition coefficient (Wildman–Crippen LogP) is 14.9. The summed E-state index contributed by atoms with van der Waals surface area (Å²) < 4.78 is 47.6. The second-order valence-corrected chi connectivity index (χ2v) is 15.8. The molecule has 0 N–H and O–H groups in total. The average molecular weight is 817 g/mol. The minimum absolute atomic E-state index is 0.103. The normalized spacial score (nSPS) is 11.6. The molecule has 0 spiro atoms. The van der Waals surface area contributed by atoms with Crippen LogP contribution in [0.4, 0.5) is 8.78 Å². The minimum atomic E-state index is -0.856. The fourth-order valence-electron chi connectivity index (χ4n) is 7.29. The second kappa shape index (κ2) is 24.7. The molecule has 0 fully saturated rings. The van der Waals surface area contributed by atoms with Crippen LogP contribution in [0.15, 0.2) is 109 Å². The molecule has 0 aromatic heterocycles. The summed E-state index contributed by atoms with van der Waals surface area (Å²) in [6, 6.07) is 32.9. The van der Waals surface area contributed by atoms with Crippen molar-refractivity contribution in [3.05, 3.63) is 132 Å². The Balaban J connectivity index is 0.949. The first-order valence-corrected chi connectivity index (χ1v) is 22.2. The Morgan fingerprint density at radius 2 is 1.03 bits per heavy atom. The smallest absolute Gasteiger partial charge is 0.338 e. The van der Waals surface area contributed by atoms with Crippen LogP contribution in [-0.2, 0) is 16.0 Å². The van der Waals surface area contributed by atoms with Gasteiger partial charge in [-0.15, -0.1) is 0 Å². The number of hydrogen-bond donors (Lipinski definition) is 0. The lowest BCUT2D eigenvalue weighted by Crippen LogP contribution is -2.15. The number of halogens is 2. The van der Waals surface area contributed by atoms with Crippen molar-refractivity contribution < 1.29 is 32.6 Å². The summed E-state index contributed by atoms with van der Waals surface area (Å²) in [7, 11) is 0. The molecule has 0 saturated carbocycles. The van der Waals surface area contributed by atoms with Crippen molar-refractivity contribution in [3.8, 4) is 44.9 Å². The van der Waals surface area contributed by atoms with Gasteiger partial charge in [0.1, 0.15) is 11.5 Å². The van der Waals surface area contributed by atoms with Crippen LogP contribution in [-0.4, -0.2) is 24.6 Å². The van der Waals surface area contributed by atoms with Gasteiger partial charge in [-0.05, 0) is 110 Å². The molecule has 0 heterocycles. The van der Waals surface area contributed by atoms with Gasteiger partial charge in [0.15, 0.2) is 11.6 Å². The number of esters is 2. The number of rotatable bonds is 25. The van der Waals surface area contributed by atoms with Crippen LogP contribution in [0.1, 0.15) is 133 Å². The quantitative estimate of drug-likeness (QED) is 0.0333. The largest absolute Gasteiger partial charge is 0.494 e. The summed E-state index contributed by atoms with van der Waals surface area (Å²) in [4.78, 5) is 25.0. The van der Waals surface area contributed by atoms with Crippen LogP contribution >= 0.6 is 0 Å². The molecule has 0 amide bonds. The molecule has 0 aliphatic rings. The van der Waals surface area contributed by atoms with E-state index in [1.165, 1.54) is 37.7 Å². The van der Waals surface area contributed by atoms with Crippen molar-refractivity contribution in [2.45, 2.75) is 130 Å². The first-order chi connectivity index (χ1) is 29.2. The first kappa shape index (κ1) is 45.8. The van der Waals surface area contributed by atoms with Gasteiger partial charge >= 0.3 is 11.9 Å². The summed E-state index contributed by atoms with van der Waals surface area (Å²) in [6.07, 6.45) is 16.0. The highest BCUT2D eigenvalue weighted by atomic mass is 19.2. The van der Waals surface area contributed by atoms with E-state index in [0.29, 0.717) is 41.2 Å². The van der Waals surface area contributed by atoms with E-state index in [9.17, 15) is 9.59 Å². The van der Waals surface area contributed by atoms with Gasteiger partial charge in [-0.2, -0.15) is 0 Å². The van der Waals surface area contributed by atoms with Gasteiger partial charge < -0.3 is 14.2 Å². The maximum Gasteiger partial charge on any atom is 0.338 e. The second-order valence-electron chi connectivity index (χ2n) is 15.8. The molecule has 1 atom stereocenters. The molecule has 5 aromatic carbocycles. The predicted molar refractivity (Wildman–Crippen MR) is 239 cm³/mol. The number of aryl methyl sites for hydroxylation is 1. The van der Waals surface area contributed by atoms with Crippen molar-refractivity contribution in [2.24, 2.45) is 0 Å². The molecule has 60 heavy (non-hydrogen) atoms. The zero-order valence-corrected chi connectivity index (χ0v) is 35.8. The van der Waals surface area contributed by atoms with Crippen molar-refractivity contribution >= 4 is 11.9 Å². The number of unbranched alkanes of at least 4 members (excludes halogenated alkanes) is 10. The van der Waals surface area contributed by atoms with Crippen LogP contribution in [0.5, 0.6) is 11.5 Å². The van der Waals surface area contributed by atoms with Crippen LogP contribution < -0.4 is 9.47 Å². The molecule has 0 radical (unpaired) electrons. The van der Waals surface area contributed by atoms with Gasteiger partial charge in [0.25, 0.3) is 0 Å². The van der Waals surface area contributed by atoms with E-state index in [1.807, 2.05) is 55.5 Å². The van der Waals surface area contributed by atoms with Crippen molar-refractivity contribution in [1.29, 1.82) is 0 Å². The van der Waals surface area contributed by atoms with Crippen LogP contribution in [0, 0.1) is 11.6 Å². The Bertz CT molecular complexity index is 2040. The van der Waals surface area contributed by atoms with E-state index in [2.05, 4.69) is 13.8 Å². The van der Waals surface area contributed by atoms with Crippen molar-refractivity contribution in [2.75, 3.05) is 6.61 Å². The topological polar surface area (TPSA) is 61.8 Å². The van der Waals surface area contributed by atoms with Gasteiger partial charge in [-0.25, -0.2) is 13.6 Å². The standard InChI is InChI=1S/C53H62F2O5/c1-4-6-8-13-17-39(3)59-53(57)45-26-24-41(25-27-45)42-28-34-47(35-29-42)60-50(56)19-15-11-10-12-16-38-58-46-32-30-44(31-33-46)49-37-36-48(51(54)52(49)55)43-22-20-40(21-23-43)18-14-9-7-5-2/h20-37,39H,4-19,38H2,1-3H3/t39-/m1/s1. The van der Waals surface area contributed by atoms with E-state index in [-0.39, 0.29) is 29.2 Å². The highest BCUT2D eigenvalue weighted by molar-refractivity contribution is 5.90. The molecule has 0 aliphatic carbocycles. The molecule has 0 unspecified atom stereocenters. The van der Waals surface area contributed by atoms with Crippen LogP contribution in [0.25, 0.3) is 33.4 Å².